The summed E-state index contributed by atoms with van der Waals surface area (Å²) in [5, 5.41) is 15.5. The van der Waals surface area contributed by atoms with Gasteiger partial charge >= 0.3 is 12.1 Å². The molecular weight excluding hydrogens is 424 g/mol. The van der Waals surface area contributed by atoms with Crippen LogP contribution in [0.4, 0.5) is 4.79 Å². The van der Waals surface area contributed by atoms with E-state index < -0.39 is 30.1 Å². The van der Waals surface area contributed by atoms with Gasteiger partial charge in [0.25, 0.3) is 0 Å². The van der Waals surface area contributed by atoms with Gasteiger partial charge in [-0.3, -0.25) is 4.79 Å². The molecule has 0 aliphatic carbocycles. The Bertz CT molecular complexity index is 877. The number of hydrogen-bond acceptors (Lipinski definition) is 6. The highest BCUT2D eigenvalue weighted by molar-refractivity contribution is 6.30. The van der Waals surface area contributed by atoms with Crippen LogP contribution in [0, 0.1) is 0 Å². The van der Waals surface area contributed by atoms with E-state index in [1.54, 1.807) is 24.3 Å². The van der Waals surface area contributed by atoms with Crippen LogP contribution in [-0.2, 0) is 32.1 Å². The first kappa shape index (κ1) is 24.2. The lowest BCUT2D eigenvalue weighted by atomic mass is 10.1. The Labute approximate surface area is 185 Å². The Morgan fingerprint density at radius 1 is 1.06 bits per heavy atom. The molecule has 2 aromatic rings. The molecule has 0 spiro atoms. The average molecular weight is 449 g/mol. The smallest absolute Gasteiger partial charge is 0.407 e. The topological polar surface area (TPSA) is 114 Å². The molecule has 0 aliphatic rings. The molecule has 2 rings (SSSR count). The summed E-state index contributed by atoms with van der Waals surface area (Å²) < 4.78 is 9.78. The number of halogens is 1. The third kappa shape index (κ3) is 9.06. The fourth-order valence-electron chi connectivity index (χ4n) is 2.75. The molecule has 0 aromatic heterocycles. The van der Waals surface area contributed by atoms with E-state index in [0.717, 1.165) is 11.1 Å². The summed E-state index contributed by atoms with van der Waals surface area (Å²) in [5.74, 6) is -1.19. The largest absolute Gasteiger partial charge is 0.467 e. The van der Waals surface area contributed by atoms with Crippen molar-refractivity contribution in [3.8, 4) is 0 Å². The van der Waals surface area contributed by atoms with Crippen molar-refractivity contribution in [3.05, 3.63) is 70.7 Å². The summed E-state index contributed by atoms with van der Waals surface area (Å²) in [7, 11) is 1.22. The fourth-order valence-corrected chi connectivity index (χ4v) is 2.96. The molecule has 2 atom stereocenters. The van der Waals surface area contributed by atoms with Crippen molar-refractivity contribution in [2.24, 2.45) is 0 Å². The fraction of sp³-hybridized carbons (Fsp3) is 0.318. The van der Waals surface area contributed by atoms with Gasteiger partial charge in [0.1, 0.15) is 12.6 Å². The van der Waals surface area contributed by atoms with Crippen molar-refractivity contribution in [2.75, 3.05) is 13.7 Å². The van der Waals surface area contributed by atoms with Crippen molar-refractivity contribution >= 4 is 29.6 Å². The van der Waals surface area contributed by atoms with Crippen LogP contribution in [0.2, 0.25) is 5.02 Å². The Morgan fingerprint density at radius 2 is 1.77 bits per heavy atom. The van der Waals surface area contributed by atoms with E-state index in [9.17, 15) is 19.5 Å². The quantitative estimate of drug-likeness (QED) is 0.480. The summed E-state index contributed by atoms with van der Waals surface area (Å²) in [6.07, 6.45) is -2.01. The number of amides is 2. The summed E-state index contributed by atoms with van der Waals surface area (Å²) in [6.45, 7) is -0.0915. The molecule has 0 aliphatic heterocycles. The maximum atomic E-state index is 12.2. The van der Waals surface area contributed by atoms with Gasteiger partial charge in [-0.1, -0.05) is 54.1 Å². The van der Waals surface area contributed by atoms with Crippen LogP contribution < -0.4 is 10.6 Å². The SMILES string of the molecule is COC(=O)[C@H](Cc1cccc(Cl)c1)NC(=O)C[C@H](O)CNC(=O)OCc1ccccc1. The number of esters is 1. The molecular formula is C22H25ClN2O6. The molecule has 0 heterocycles. The van der Waals surface area contributed by atoms with Gasteiger partial charge in [-0.25, -0.2) is 9.59 Å². The van der Waals surface area contributed by atoms with Gasteiger partial charge in [-0.05, 0) is 23.3 Å². The minimum absolute atomic E-state index is 0.0908. The molecule has 166 valence electrons. The number of ether oxygens (including phenoxy) is 2. The zero-order valence-corrected chi connectivity index (χ0v) is 17.8. The van der Waals surface area contributed by atoms with E-state index in [0.29, 0.717) is 5.02 Å². The number of alkyl carbamates (subject to hydrolysis) is 1. The van der Waals surface area contributed by atoms with Gasteiger partial charge in [-0.2, -0.15) is 0 Å². The van der Waals surface area contributed by atoms with E-state index in [1.165, 1.54) is 7.11 Å². The normalized spacial score (nSPS) is 12.4. The molecule has 9 heteroatoms. The van der Waals surface area contributed by atoms with E-state index in [-0.39, 0.29) is 26.0 Å². The predicted octanol–water partition coefficient (Wildman–Crippen LogP) is 2.22. The maximum Gasteiger partial charge on any atom is 0.407 e. The number of hydrogen-bond donors (Lipinski definition) is 3. The zero-order valence-electron chi connectivity index (χ0n) is 17.0. The van der Waals surface area contributed by atoms with Crippen LogP contribution in [-0.4, -0.2) is 48.9 Å². The molecule has 0 fully saturated rings. The Morgan fingerprint density at radius 3 is 2.45 bits per heavy atom. The van der Waals surface area contributed by atoms with Gasteiger partial charge in [0, 0.05) is 18.0 Å². The van der Waals surface area contributed by atoms with Crippen molar-refractivity contribution < 1.29 is 29.0 Å². The average Bonchev–Trinajstić information content (AvgIpc) is 2.76. The van der Waals surface area contributed by atoms with Crippen LogP contribution in [0.15, 0.2) is 54.6 Å². The lowest BCUT2D eigenvalue weighted by Gasteiger charge is -2.18. The van der Waals surface area contributed by atoms with Crippen LogP contribution >= 0.6 is 11.6 Å². The second kappa shape index (κ2) is 12.6. The molecule has 0 saturated carbocycles. The number of aliphatic hydroxyl groups excluding tert-OH is 1. The predicted molar refractivity (Wildman–Crippen MR) is 114 cm³/mol. The molecule has 8 nitrogen and oxygen atoms in total. The highest BCUT2D eigenvalue weighted by Gasteiger charge is 2.23. The second-order valence-electron chi connectivity index (χ2n) is 6.78. The highest BCUT2D eigenvalue weighted by Crippen LogP contribution is 2.13. The van der Waals surface area contributed by atoms with E-state index in [2.05, 4.69) is 10.6 Å². The molecule has 2 aromatic carbocycles. The first-order chi connectivity index (χ1) is 14.9. The zero-order chi connectivity index (χ0) is 22.6. The Kier molecular flexibility index (Phi) is 9.80. The van der Waals surface area contributed by atoms with Crippen LogP contribution in [0.5, 0.6) is 0 Å². The minimum atomic E-state index is -1.16. The van der Waals surface area contributed by atoms with Crippen LogP contribution in [0.1, 0.15) is 17.5 Å². The van der Waals surface area contributed by atoms with Crippen molar-refractivity contribution in [3.63, 3.8) is 0 Å². The van der Waals surface area contributed by atoms with Gasteiger partial charge in [0.15, 0.2) is 0 Å². The Balaban J connectivity index is 1.77. The second-order valence-corrected chi connectivity index (χ2v) is 7.21. The summed E-state index contributed by atoms with van der Waals surface area (Å²) in [4.78, 5) is 36.0. The first-order valence-electron chi connectivity index (χ1n) is 9.61. The Hall–Kier alpha value is -3.10. The number of benzene rings is 2. The molecule has 3 N–H and O–H groups in total. The van der Waals surface area contributed by atoms with E-state index in [1.807, 2.05) is 30.3 Å². The number of aliphatic hydroxyl groups is 1. The molecule has 0 saturated heterocycles. The van der Waals surface area contributed by atoms with Crippen molar-refractivity contribution in [1.29, 1.82) is 0 Å². The maximum absolute atomic E-state index is 12.2. The molecule has 0 unspecified atom stereocenters. The number of methoxy groups -OCH3 is 1. The monoisotopic (exact) mass is 448 g/mol. The molecule has 31 heavy (non-hydrogen) atoms. The molecule has 0 bridgehead atoms. The first-order valence-corrected chi connectivity index (χ1v) is 9.99. The van der Waals surface area contributed by atoms with Gasteiger partial charge < -0.3 is 25.2 Å². The number of rotatable bonds is 10. The third-order valence-electron chi connectivity index (χ3n) is 4.27. The van der Waals surface area contributed by atoms with Crippen molar-refractivity contribution in [1.82, 2.24) is 10.6 Å². The van der Waals surface area contributed by atoms with Crippen LogP contribution in [0.3, 0.4) is 0 Å². The van der Waals surface area contributed by atoms with Crippen LogP contribution in [0.25, 0.3) is 0 Å². The summed E-state index contributed by atoms with van der Waals surface area (Å²) in [6, 6.07) is 15.1. The standard InChI is InChI=1S/C22H25ClN2O6/c1-30-21(28)19(11-16-8-5-9-17(23)10-16)25-20(27)12-18(26)13-24-22(29)31-14-15-6-3-2-4-7-15/h2-10,18-19,26H,11-14H2,1H3,(H,24,29)(H,25,27)/t18-,19-/m0/s1. The van der Waals surface area contributed by atoms with Crippen molar-refractivity contribution in [2.45, 2.75) is 31.6 Å². The lowest BCUT2D eigenvalue weighted by molar-refractivity contribution is -0.145. The van der Waals surface area contributed by atoms with Gasteiger partial charge in [0.05, 0.1) is 19.6 Å². The minimum Gasteiger partial charge on any atom is -0.467 e. The van der Waals surface area contributed by atoms with Gasteiger partial charge in [-0.15, -0.1) is 0 Å². The highest BCUT2D eigenvalue weighted by atomic mass is 35.5. The summed E-state index contributed by atoms with van der Waals surface area (Å²) >= 11 is 5.95. The number of carbonyl (C=O) groups is 3. The third-order valence-corrected chi connectivity index (χ3v) is 4.50. The van der Waals surface area contributed by atoms with Gasteiger partial charge in [0.2, 0.25) is 5.91 Å². The number of carbonyl (C=O) groups excluding carboxylic acids is 3. The molecule has 0 radical (unpaired) electrons. The van der Waals surface area contributed by atoms with E-state index >= 15 is 0 Å². The molecule has 2 amide bonds. The lowest BCUT2D eigenvalue weighted by Crippen LogP contribution is -2.45. The van der Waals surface area contributed by atoms with E-state index in [4.69, 9.17) is 21.1 Å². The number of nitrogens with one attached hydrogen (secondary N) is 2. The summed E-state index contributed by atoms with van der Waals surface area (Å²) in [5.41, 5.74) is 1.57.